The summed E-state index contributed by atoms with van der Waals surface area (Å²) >= 11 is 1.59. The summed E-state index contributed by atoms with van der Waals surface area (Å²) in [6, 6.07) is 19.3. The molecular weight excluding hydrogens is 439 g/mol. The van der Waals surface area contributed by atoms with Crippen molar-refractivity contribution in [3.63, 3.8) is 0 Å². The highest BCUT2D eigenvalue weighted by Gasteiger charge is 2.23. The molecule has 5 nitrogen and oxygen atoms in total. The molecule has 1 aromatic heterocycles. The SMILES string of the molecule is CCOCCCN(CC(=O)N(Cc1ccccc1)Cc1cccs1)C(=O)c1cccc(F)c1. The maximum Gasteiger partial charge on any atom is 0.254 e. The lowest BCUT2D eigenvalue weighted by atomic mass is 10.1. The number of hydrogen-bond donors (Lipinski definition) is 0. The van der Waals surface area contributed by atoms with Gasteiger partial charge in [-0.15, -0.1) is 11.3 Å². The molecule has 3 rings (SSSR count). The van der Waals surface area contributed by atoms with Gasteiger partial charge in [0.2, 0.25) is 5.91 Å². The average molecular weight is 469 g/mol. The van der Waals surface area contributed by atoms with E-state index in [9.17, 15) is 14.0 Å². The van der Waals surface area contributed by atoms with Gasteiger partial charge in [0.1, 0.15) is 12.4 Å². The van der Waals surface area contributed by atoms with Crippen LogP contribution < -0.4 is 0 Å². The van der Waals surface area contributed by atoms with Gasteiger partial charge < -0.3 is 14.5 Å². The molecule has 0 saturated carbocycles. The van der Waals surface area contributed by atoms with Crippen LogP contribution in [0.4, 0.5) is 4.39 Å². The number of thiophene rings is 1. The Morgan fingerprint density at radius 1 is 0.970 bits per heavy atom. The summed E-state index contributed by atoms with van der Waals surface area (Å²) in [6.45, 7) is 4.15. The van der Waals surface area contributed by atoms with Crippen molar-refractivity contribution in [2.75, 3.05) is 26.3 Å². The van der Waals surface area contributed by atoms with Crippen LogP contribution in [-0.2, 0) is 22.6 Å². The fourth-order valence-electron chi connectivity index (χ4n) is 3.45. The maximum absolute atomic E-state index is 13.7. The highest BCUT2D eigenvalue weighted by Crippen LogP contribution is 2.16. The maximum atomic E-state index is 13.7. The fraction of sp³-hybridized carbons (Fsp3) is 0.308. The lowest BCUT2D eigenvalue weighted by Gasteiger charge is -2.28. The average Bonchev–Trinajstić information content (AvgIpc) is 3.34. The van der Waals surface area contributed by atoms with Crippen LogP contribution in [0.3, 0.4) is 0 Å². The van der Waals surface area contributed by atoms with E-state index in [1.165, 1.54) is 23.1 Å². The van der Waals surface area contributed by atoms with E-state index in [1.54, 1.807) is 22.3 Å². The molecule has 3 aromatic rings. The zero-order valence-corrected chi connectivity index (χ0v) is 19.6. The van der Waals surface area contributed by atoms with E-state index in [0.29, 0.717) is 39.3 Å². The Morgan fingerprint density at radius 3 is 2.48 bits per heavy atom. The molecule has 7 heteroatoms. The van der Waals surface area contributed by atoms with Gasteiger partial charge in [-0.3, -0.25) is 9.59 Å². The van der Waals surface area contributed by atoms with Crippen molar-refractivity contribution in [1.29, 1.82) is 0 Å². The zero-order valence-electron chi connectivity index (χ0n) is 18.8. The first-order valence-corrected chi connectivity index (χ1v) is 11.9. The van der Waals surface area contributed by atoms with E-state index >= 15 is 0 Å². The van der Waals surface area contributed by atoms with Gasteiger partial charge in [0, 0.05) is 36.7 Å². The Hall–Kier alpha value is -3.03. The molecule has 0 bridgehead atoms. The molecule has 0 fully saturated rings. The predicted octanol–water partition coefficient (Wildman–Crippen LogP) is 4.99. The van der Waals surface area contributed by atoms with E-state index in [4.69, 9.17) is 4.74 Å². The lowest BCUT2D eigenvalue weighted by molar-refractivity contribution is -0.133. The first-order chi connectivity index (χ1) is 16.1. The number of rotatable bonds is 12. The summed E-state index contributed by atoms with van der Waals surface area (Å²) < 4.78 is 19.1. The zero-order chi connectivity index (χ0) is 23.5. The molecule has 2 amide bonds. The number of nitrogens with zero attached hydrogens (tertiary/aromatic N) is 2. The highest BCUT2D eigenvalue weighted by atomic mass is 32.1. The van der Waals surface area contributed by atoms with Crippen molar-refractivity contribution < 1.29 is 18.7 Å². The number of benzene rings is 2. The Bertz CT molecular complexity index is 1010. The first-order valence-electron chi connectivity index (χ1n) is 11.0. The van der Waals surface area contributed by atoms with Gasteiger partial charge in [-0.05, 0) is 48.6 Å². The molecule has 0 N–H and O–H groups in total. The molecule has 174 valence electrons. The molecule has 0 aliphatic carbocycles. The molecule has 0 atom stereocenters. The Labute approximate surface area is 198 Å². The van der Waals surface area contributed by atoms with E-state index < -0.39 is 5.82 Å². The van der Waals surface area contributed by atoms with Gasteiger partial charge in [-0.1, -0.05) is 42.5 Å². The molecule has 1 heterocycles. The Balaban J connectivity index is 1.77. The van der Waals surface area contributed by atoms with Gasteiger partial charge >= 0.3 is 0 Å². The summed E-state index contributed by atoms with van der Waals surface area (Å²) in [7, 11) is 0. The highest BCUT2D eigenvalue weighted by molar-refractivity contribution is 7.09. The van der Waals surface area contributed by atoms with Crippen LogP contribution >= 0.6 is 11.3 Å². The summed E-state index contributed by atoms with van der Waals surface area (Å²) in [5, 5.41) is 1.98. The summed E-state index contributed by atoms with van der Waals surface area (Å²) in [6.07, 6.45) is 0.589. The van der Waals surface area contributed by atoms with E-state index in [-0.39, 0.29) is 23.9 Å². The van der Waals surface area contributed by atoms with Crippen LogP contribution in [0, 0.1) is 5.82 Å². The minimum atomic E-state index is -0.482. The van der Waals surface area contributed by atoms with Crippen LogP contribution in [0.1, 0.15) is 34.1 Å². The smallest absolute Gasteiger partial charge is 0.254 e. The van der Waals surface area contributed by atoms with Crippen molar-refractivity contribution >= 4 is 23.2 Å². The number of hydrogen-bond acceptors (Lipinski definition) is 4. The summed E-state index contributed by atoms with van der Waals surface area (Å²) in [4.78, 5) is 30.9. The van der Waals surface area contributed by atoms with Crippen molar-refractivity contribution in [2.45, 2.75) is 26.4 Å². The molecule has 0 unspecified atom stereocenters. The Morgan fingerprint density at radius 2 is 1.79 bits per heavy atom. The minimum absolute atomic E-state index is 0.0837. The monoisotopic (exact) mass is 468 g/mol. The number of ether oxygens (including phenoxy) is 1. The molecule has 0 aliphatic heterocycles. The molecule has 0 radical (unpaired) electrons. The van der Waals surface area contributed by atoms with Crippen molar-refractivity contribution in [1.82, 2.24) is 9.80 Å². The van der Waals surface area contributed by atoms with Crippen molar-refractivity contribution in [3.8, 4) is 0 Å². The summed E-state index contributed by atoms with van der Waals surface area (Å²) in [5.74, 6) is -1.01. The number of carbonyl (C=O) groups is 2. The second kappa shape index (κ2) is 12.9. The third-order valence-electron chi connectivity index (χ3n) is 5.10. The fourth-order valence-corrected chi connectivity index (χ4v) is 4.17. The van der Waals surface area contributed by atoms with Gasteiger partial charge in [0.05, 0.1) is 6.54 Å². The normalized spacial score (nSPS) is 10.7. The third-order valence-corrected chi connectivity index (χ3v) is 5.96. The first kappa shape index (κ1) is 24.6. The van der Waals surface area contributed by atoms with Gasteiger partial charge in [0.15, 0.2) is 0 Å². The molecule has 0 aliphatic rings. The number of amides is 2. The van der Waals surface area contributed by atoms with Crippen LogP contribution in [0.2, 0.25) is 0 Å². The van der Waals surface area contributed by atoms with Crippen LogP contribution in [0.5, 0.6) is 0 Å². The van der Waals surface area contributed by atoms with E-state index in [1.807, 2.05) is 54.8 Å². The lowest BCUT2D eigenvalue weighted by Crippen LogP contribution is -2.43. The van der Waals surface area contributed by atoms with Crippen LogP contribution in [0.15, 0.2) is 72.1 Å². The second-order valence-electron chi connectivity index (χ2n) is 7.60. The second-order valence-corrected chi connectivity index (χ2v) is 8.63. The standard InChI is InChI=1S/C26H29FN2O3S/c1-2-32-15-8-14-28(26(31)22-11-6-12-23(27)17-22)20-25(30)29(19-24-13-7-16-33-24)18-21-9-4-3-5-10-21/h3-7,9-13,16-17H,2,8,14-15,18-20H2,1H3. The van der Waals surface area contributed by atoms with Gasteiger partial charge in [0.25, 0.3) is 5.91 Å². The predicted molar refractivity (Wildman–Crippen MR) is 128 cm³/mol. The largest absolute Gasteiger partial charge is 0.382 e. The summed E-state index contributed by atoms with van der Waals surface area (Å²) in [5.41, 5.74) is 1.24. The van der Waals surface area contributed by atoms with Crippen molar-refractivity contribution in [2.24, 2.45) is 0 Å². The van der Waals surface area contributed by atoms with E-state index in [0.717, 1.165) is 10.4 Å². The topological polar surface area (TPSA) is 49.9 Å². The third kappa shape index (κ3) is 7.80. The molecular formula is C26H29FN2O3S. The minimum Gasteiger partial charge on any atom is -0.382 e. The van der Waals surface area contributed by atoms with E-state index in [2.05, 4.69) is 0 Å². The van der Waals surface area contributed by atoms with Crippen molar-refractivity contribution in [3.05, 3.63) is 93.9 Å². The molecule has 33 heavy (non-hydrogen) atoms. The van der Waals surface area contributed by atoms with Crippen LogP contribution in [-0.4, -0.2) is 47.9 Å². The number of carbonyl (C=O) groups excluding carboxylic acids is 2. The van der Waals surface area contributed by atoms with Crippen LogP contribution in [0.25, 0.3) is 0 Å². The molecule has 0 saturated heterocycles. The van der Waals surface area contributed by atoms with Gasteiger partial charge in [-0.2, -0.15) is 0 Å². The molecule has 2 aromatic carbocycles. The van der Waals surface area contributed by atoms with Gasteiger partial charge in [-0.25, -0.2) is 4.39 Å². The Kier molecular flexibility index (Phi) is 9.59. The quantitative estimate of drug-likeness (QED) is 0.352. The number of halogens is 1. The molecule has 0 spiro atoms.